The van der Waals surface area contributed by atoms with E-state index in [9.17, 15) is 18.0 Å². The third-order valence-electron chi connectivity index (χ3n) is 4.60. The number of alkyl halides is 3. The number of nitrogens with zero attached hydrogens (tertiary/aromatic N) is 2. The maximum Gasteiger partial charge on any atom is 0.417 e. The van der Waals surface area contributed by atoms with Crippen molar-refractivity contribution in [1.29, 1.82) is 0 Å². The van der Waals surface area contributed by atoms with E-state index in [1.807, 2.05) is 0 Å². The summed E-state index contributed by atoms with van der Waals surface area (Å²) in [6, 6.07) is 3.34. The van der Waals surface area contributed by atoms with Crippen molar-refractivity contribution in [1.82, 2.24) is 10.2 Å². The van der Waals surface area contributed by atoms with Crippen LogP contribution in [-0.2, 0) is 17.5 Å². The number of benzene rings is 1. The molecule has 0 bridgehead atoms. The van der Waals surface area contributed by atoms with Crippen LogP contribution in [0.25, 0.3) is 0 Å². The summed E-state index contributed by atoms with van der Waals surface area (Å²) in [7, 11) is 0. The Morgan fingerprint density at radius 3 is 2.50 bits per heavy atom. The van der Waals surface area contributed by atoms with E-state index in [0.717, 1.165) is 43.2 Å². The zero-order chi connectivity index (χ0) is 20.3. The first kappa shape index (κ1) is 20.6. The molecule has 1 saturated heterocycles. The van der Waals surface area contributed by atoms with Gasteiger partial charge in [-0.15, -0.1) is 10.2 Å². The van der Waals surface area contributed by atoms with Crippen LogP contribution in [-0.4, -0.2) is 48.8 Å². The van der Waals surface area contributed by atoms with Gasteiger partial charge in [0, 0.05) is 12.6 Å². The normalized spacial score (nSPS) is 20.2. The Bertz CT molecular complexity index is 834. The van der Waals surface area contributed by atoms with Crippen LogP contribution in [0.1, 0.15) is 17.3 Å². The molecule has 7 nitrogen and oxygen atoms in total. The first-order chi connectivity index (χ1) is 13.2. The number of quaternary nitrogens is 2. The molecule has 1 aliphatic rings. The molecule has 28 heavy (non-hydrogen) atoms. The zero-order valence-corrected chi connectivity index (χ0v) is 16.0. The molecule has 152 valence electrons. The average Bonchev–Trinajstić information content (AvgIpc) is 3.02. The number of hydrogen-bond acceptors (Lipinski definition) is 4. The van der Waals surface area contributed by atoms with Gasteiger partial charge in [-0.2, -0.15) is 13.2 Å². The lowest BCUT2D eigenvalue weighted by Gasteiger charge is -2.28. The molecule has 0 radical (unpaired) electrons. The van der Waals surface area contributed by atoms with E-state index in [1.165, 1.54) is 11.0 Å². The Morgan fingerprint density at radius 2 is 1.89 bits per heavy atom. The molecule has 2 heterocycles. The molecule has 3 N–H and O–H groups in total. The van der Waals surface area contributed by atoms with Crippen molar-refractivity contribution >= 4 is 23.2 Å². The van der Waals surface area contributed by atoms with Crippen molar-refractivity contribution in [3.8, 4) is 0 Å². The molecule has 1 amide bonds. The second kappa shape index (κ2) is 8.46. The molecule has 0 atom stereocenters. The number of halogens is 4. The van der Waals surface area contributed by atoms with Gasteiger partial charge in [0.05, 0.1) is 10.6 Å². The van der Waals surface area contributed by atoms with E-state index in [2.05, 4.69) is 15.5 Å². The van der Waals surface area contributed by atoms with Crippen LogP contribution >= 0.6 is 11.6 Å². The topological polar surface area (TPSA) is 76.9 Å². The molecular weight excluding hydrogens is 399 g/mol. The van der Waals surface area contributed by atoms with Gasteiger partial charge in [-0.05, 0) is 18.2 Å². The SMILES string of the molecule is Cc1nnc(C[NH+]2CC[NH+](CC(=O)Nc3ccc(Cl)c(C(F)(F)F)c3)CC2)o1. The first-order valence-corrected chi connectivity index (χ1v) is 9.21. The summed E-state index contributed by atoms with van der Waals surface area (Å²) in [5.74, 6) is 0.796. The quantitative estimate of drug-likeness (QED) is 0.636. The molecule has 0 spiro atoms. The van der Waals surface area contributed by atoms with Crippen LogP contribution in [0.2, 0.25) is 5.02 Å². The number of carbonyl (C=O) groups is 1. The molecule has 0 unspecified atom stereocenters. The Morgan fingerprint density at radius 1 is 1.21 bits per heavy atom. The number of nitrogens with one attached hydrogen (secondary N) is 3. The van der Waals surface area contributed by atoms with Crippen molar-refractivity contribution in [2.75, 3.05) is 38.0 Å². The summed E-state index contributed by atoms with van der Waals surface area (Å²) in [6.45, 7) is 5.79. The molecular formula is C17H21ClF3N5O2+2. The van der Waals surface area contributed by atoms with E-state index < -0.39 is 16.8 Å². The number of piperazine rings is 1. The van der Waals surface area contributed by atoms with Gasteiger partial charge in [-0.3, -0.25) is 4.79 Å². The van der Waals surface area contributed by atoms with Gasteiger partial charge < -0.3 is 19.5 Å². The average molecular weight is 420 g/mol. The number of rotatable bonds is 5. The van der Waals surface area contributed by atoms with Crippen molar-refractivity contribution in [3.05, 3.63) is 40.6 Å². The Kier molecular flexibility index (Phi) is 6.21. The third-order valence-corrected chi connectivity index (χ3v) is 4.93. The third kappa shape index (κ3) is 5.43. The summed E-state index contributed by atoms with van der Waals surface area (Å²) in [6.07, 6.45) is -4.57. The summed E-state index contributed by atoms with van der Waals surface area (Å²) in [5.41, 5.74) is -0.884. The minimum Gasteiger partial charge on any atom is -0.420 e. The van der Waals surface area contributed by atoms with Gasteiger partial charge >= 0.3 is 6.18 Å². The predicted molar refractivity (Wildman–Crippen MR) is 94.1 cm³/mol. The zero-order valence-electron chi connectivity index (χ0n) is 15.2. The molecule has 11 heteroatoms. The standard InChI is InChI=1S/C17H19ClF3N5O2/c1-11-23-24-16(28-11)10-26-6-4-25(5-7-26)9-15(27)22-12-2-3-14(18)13(8-12)17(19,20)21/h2-3,8H,4-7,9-10H2,1H3,(H,22,27)/p+2. The van der Waals surface area contributed by atoms with Crippen LogP contribution in [0, 0.1) is 6.92 Å². The van der Waals surface area contributed by atoms with Gasteiger partial charge in [-0.1, -0.05) is 11.6 Å². The fraction of sp³-hybridized carbons (Fsp3) is 0.471. The molecule has 0 saturated carbocycles. The fourth-order valence-electron chi connectivity index (χ4n) is 3.19. The van der Waals surface area contributed by atoms with Crippen molar-refractivity contribution < 1.29 is 32.2 Å². The molecule has 1 fully saturated rings. The van der Waals surface area contributed by atoms with Crippen LogP contribution in [0.15, 0.2) is 22.6 Å². The number of amides is 1. The van der Waals surface area contributed by atoms with Crippen molar-refractivity contribution in [2.45, 2.75) is 19.6 Å². The predicted octanol–water partition coefficient (Wildman–Crippen LogP) is -0.0277. The van der Waals surface area contributed by atoms with Crippen LogP contribution in [0.5, 0.6) is 0 Å². The smallest absolute Gasteiger partial charge is 0.417 e. The van der Waals surface area contributed by atoms with E-state index >= 15 is 0 Å². The Balaban J connectivity index is 1.48. The summed E-state index contributed by atoms with van der Waals surface area (Å²) < 4.78 is 44.1. The largest absolute Gasteiger partial charge is 0.420 e. The second-order valence-corrected chi connectivity index (χ2v) is 7.22. The van der Waals surface area contributed by atoms with E-state index in [1.54, 1.807) is 6.92 Å². The summed E-state index contributed by atoms with van der Waals surface area (Å²) >= 11 is 5.59. The lowest BCUT2D eigenvalue weighted by molar-refractivity contribution is -1.02. The lowest BCUT2D eigenvalue weighted by Crippen LogP contribution is -3.28. The number of hydrogen-bond donors (Lipinski definition) is 3. The molecule has 1 aromatic carbocycles. The summed E-state index contributed by atoms with van der Waals surface area (Å²) in [5, 5.41) is 9.92. The highest BCUT2D eigenvalue weighted by Gasteiger charge is 2.33. The second-order valence-electron chi connectivity index (χ2n) is 6.81. The van der Waals surface area contributed by atoms with E-state index in [4.69, 9.17) is 16.0 Å². The Labute approximate surface area is 164 Å². The van der Waals surface area contributed by atoms with Gasteiger partial charge in [0.1, 0.15) is 26.2 Å². The van der Waals surface area contributed by atoms with Crippen LogP contribution < -0.4 is 15.1 Å². The highest BCUT2D eigenvalue weighted by Crippen LogP contribution is 2.36. The molecule has 3 rings (SSSR count). The number of aromatic nitrogens is 2. The van der Waals surface area contributed by atoms with Gasteiger partial charge in [0.25, 0.3) is 11.8 Å². The highest BCUT2D eigenvalue weighted by atomic mass is 35.5. The van der Waals surface area contributed by atoms with Gasteiger partial charge in [0.2, 0.25) is 5.89 Å². The van der Waals surface area contributed by atoms with Crippen LogP contribution in [0.4, 0.5) is 18.9 Å². The highest BCUT2D eigenvalue weighted by molar-refractivity contribution is 6.31. The number of anilines is 1. The molecule has 1 aliphatic heterocycles. The van der Waals surface area contributed by atoms with E-state index in [0.29, 0.717) is 18.3 Å². The maximum atomic E-state index is 12.9. The fourth-order valence-corrected chi connectivity index (χ4v) is 3.41. The van der Waals surface area contributed by atoms with Gasteiger partial charge in [0.15, 0.2) is 13.1 Å². The maximum absolute atomic E-state index is 12.9. The Hall–Kier alpha value is -2.17. The van der Waals surface area contributed by atoms with Gasteiger partial charge in [-0.25, -0.2) is 0 Å². The first-order valence-electron chi connectivity index (χ1n) is 8.83. The monoisotopic (exact) mass is 419 g/mol. The molecule has 0 aliphatic carbocycles. The summed E-state index contributed by atoms with van der Waals surface area (Å²) in [4.78, 5) is 14.6. The minimum atomic E-state index is -4.57. The van der Waals surface area contributed by atoms with Crippen LogP contribution in [0.3, 0.4) is 0 Å². The van der Waals surface area contributed by atoms with Crippen molar-refractivity contribution in [2.24, 2.45) is 0 Å². The minimum absolute atomic E-state index is 0.0807. The van der Waals surface area contributed by atoms with E-state index in [-0.39, 0.29) is 18.1 Å². The lowest BCUT2D eigenvalue weighted by atomic mass is 10.2. The number of carbonyl (C=O) groups excluding carboxylic acids is 1. The molecule has 2 aromatic rings. The molecule has 1 aromatic heterocycles. The van der Waals surface area contributed by atoms with Crippen molar-refractivity contribution in [3.63, 3.8) is 0 Å². The number of aryl methyl sites for hydroxylation is 1.